The van der Waals surface area contributed by atoms with Crippen molar-refractivity contribution in [3.8, 4) is 11.8 Å². The number of aromatic hydroxyl groups is 1. The molecule has 7 heteroatoms. The second-order valence-electron chi connectivity index (χ2n) is 3.91. The van der Waals surface area contributed by atoms with Crippen molar-refractivity contribution < 1.29 is 17.9 Å². The monoisotopic (exact) mass is 292 g/mol. The fourth-order valence-electron chi connectivity index (χ4n) is 1.54. The maximum atomic E-state index is 13.2. The number of halogens is 1. The van der Waals surface area contributed by atoms with Gasteiger partial charge in [-0.15, -0.1) is 0 Å². The molecule has 5 nitrogen and oxygen atoms in total. The first-order valence-electron chi connectivity index (χ1n) is 5.44. The van der Waals surface area contributed by atoms with Crippen molar-refractivity contribution in [2.75, 3.05) is 4.72 Å². The molecule has 0 bridgehead atoms. The lowest BCUT2D eigenvalue weighted by Crippen LogP contribution is -2.13. The Morgan fingerprint density at radius 2 is 1.95 bits per heavy atom. The number of hydrogen-bond donors (Lipinski definition) is 2. The van der Waals surface area contributed by atoms with E-state index in [2.05, 4.69) is 4.72 Å². The first-order chi connectivity index (χ1) is 9.42. The van der Waals surface area contributed by atoms with Crippen LogP contribution in [0.25, 0.3) is 0 Å². The highest BCUT2D eigenvalue weighted by atomic mass is 32.2. The van der Waals surface area contributed by atoms with Crippen LogP contribution >= 0.6 is 0 Å². The lowest BCUT2D eigenvalue weighted by molar-refractivity contribution is 0.475. The van der Waals surface area contributed by atoms with Gasteiger partial charge in [0.2, 0.25) is 0 Å². The number of phenolic OH excluding ortho intramolecular Hbond substituents is 1. The number of nitriles is 1. The normalized spacial score (nSPS) is 10.8. The van der Waals surface area contributed by atoms with Crippen molar-refractivity contribution >= 4 is 15.7 Å². The molecule has 0 radical (unpaired) electrons. The van der Waals surface area contributed by atoms with Gasteiger partial charge in [0.1, 0.15) is 17.6 Å². The number of nitrogens with zero attached hydrogens (tertiary/aromatic N) is 1. The molecule has 0 saturated carbocycles. The highest BCUT2D eigenvalue weighted by Gasteiger charge is 2.16. The van der Waals surface area contributed by atoms with Crippen LogP contribution < -0.4 is 4.72 Å². The zero-order valence-electron chi connectivity index (χ0n) is 10.0. The van der Waals surface area contributed by atoms with Crippen LogP contribution in [-0.2, 0) is 10.0 Å². The molecule has 0 aliphatic heterocycles. The number of anilines is 1. The number of sulfonamides is 1. The molecule has 0 unspecified atom stereocenters. The number of rotatable bonds is 3. The summed E-state index contributed by atoms with van der Waals surface area (Å²) >= 11 is 0. The van der Waals surface area contributed by atoms with Crippen LogP contribution in [0.15, 0.2) is 47.4 Å². The minimum absolute atomic E-state index is 0.0954. The smallest absolute Gasteiger partial charge is 0.261 e. The fourth-order valence-corrected chi connectivity index (χ4v) is 2.62. The summed E-state index contributed by atoms with van der Waals surface area (Å²) in [5, 5.41) is 18.0. The van der Waals surface area contributed by atoms with E-state index in [9.17, 15) is 17.9 Å². The molecule has 0 heterocycles. The largest absolute Gasteiger partial charge is 0.508 e. The van der Waals surface area contributed by atoms with Crippen molar-refractivity contribution in [3.05, 3.63) is 53.8 Å². The van der Waals surface area contributed by atoms with Gasteiger partial charge in [0.15, 0.2) is 0 Å². The van der Waals surface area contributed by atoms with Crippen molar-refractivity contribution in [1.29, 1.82) is 5.26 Å². The van der Waals surface area contributed by atoms with Crippen molar-refractivity contribution in [2.24, 2.45) is 0 Å². The Balaban J connectivity index is 2.39. The highest BCUT2D eigenvalue weighted by molar-refractivity contribution is 7.92. The third-order valence-corrected chi connectivity index (χ3v) is 3.85. The van der Waals surface area contributed by atoms with Gasteiger partial charge in [-0.05, 0) is 30.3 Å². The van der Waals surface area contributed by atoms with E-state index < -0.39 is 15.8 Å². The summed E-state index contributed by atoms with van der Waals surface area (Å²) in [4.78, 5) is -0.237. The van der Waals surface area contributed by atoms with E-state index in [4.69, 9.17) is 5.26 Å². The summed E-state index contributed by atoms with van der Waals surface area (Å²) in [5.74, 6) is -0.883. The van der Waals surface area contributed by atoms with E-state index in [-0.39, 0.29) is 21.9 Å². The topological polar surface area (TPSA) is 90.2 Å². The van der Waals surface area contributed by atoms with Gasteiger partial charge in [-0.1, -0.05) is 6.07 Å². The second-order valence-corrected chi connectivity index (χ2v) is 5.59. The third kappa shape index (κ3) is 2.87. The first-order valence-corrected chi connectivity index (χ1v) is 6.92. The average molecular weight is 292 g/mol. The summed E-state index contributed by atoms with van der Waals surface area (Å²) in [7, 11) is -3.96. The maximum absolute atomic E-state index is 13.2. The summed E-state index contributed by atoms with van der Waals surface area (Å²) in [5.41, 5.74) is -0.198. The first kappa shape index (κ1) is 13.8. The van der Waals surface area contributed by atoms with Crippen LogP contribution in [0.4, 0.5) is 10.1 Å². The van der Waals surface area contributed by atoms with Crippen molar-refractivity contribution in [1.82, 2.24) is 0 Å². The molecule has 0 amide bonds. The van der Waals surface area contributed by atoms with Crippen LogP contribution in [0.5, 0.6) is 5.75 Å². The fraction of sp³-hybridized carbons (Fsp3) is 0. The van der Waals surface area contributed by atoms with E-state index in [1.807, 2.05) is 0 Å². The molecule has 0 aliphatic carbocycles. The van der Waals surface area contributed by atoms with Gasteiger partial charge in [-0.2, -0.15) is 5.26 Å². The number of phenols is 1. The van der Waals surface area contributed by atoms with Crippen LogP contribution in [0.3, 0.4) is 0 Å². The molecular formula is C13H9FN2O3S. The minimum atomic E-state index is -3.96. The molecule has 2 aromatic rings. The van der Waals surface area contributed by atoms with Gasteiger partial charge in [0, 0.05) is 6.07 Å². The average Bonchev–Trinajstić information content (AvgIpc) is 2.38. The molecule has 0 atom stereocenters. The van der Waals surface area contributed by atoms with Crippen molar-refractivity contribution in [3.63, 3.8) is 0 Å². The SMILES string of the molecule is N#Cc1cc(S(=O)(=O)Nc2cccc(O)c2)ccc1F. The summed E-state index contributed by atoms with van der Waals surface area (Å²) < 4.78 is 39.5. The Bertz CT molecular complexity index is 798. The highest BCUT2D eigenvalue weighted by Crippen LogP contribution is 2.21. The van der Waals surface area contributed by atoms with Crippen molar-refractivity contribution in [2.45, 2.75) is 4.90 Å². The quantitative estimate of drug-likeness (QED) is 0.907. The molecule has 2 N–H and O–H groups in total. The van der Waals surface area contributed by atoms with Crippen LogP contribution in [0, 0.1) is 17.1 Å². The van der Waals surface area contributed by atoms with Crippen LogP contribution in [0.2, 0.25) is 0 Å². The number of hydrogen-bond acceptors (Lipinski definition) is 4. The predicted octanol–water partition coefficient (Wildman–Crippen LogP) is 2.20. The molecule has 102 valence electrons. The Labute approximate surface area is 115 Å². The van der Waals surface area contributed by atoms with Gasteiger partial charge in [0.05, 0.1) is 16.1 Å². The van der Waals surface area contributed by atoms with Gasteiger partial charge < -0.3 is 5.11 Å². The zero-order valence-corrected chi connectivity index (χ0v) is 10.9. The molecule has 0 aliphatic rings. The second kappa shape index (κ2) is 5.19. The molecule has 0 aromatic heterocycles. The molecule has 2 rings (SSSR count). The Hall–Kier alpha value is -2.59. The van der Waals surface area contributed by atoms with E-state index in [0.29, 0.717) is 0 Å². The lowest BCUT2D eigenvalue weighted by atomic mass is 10.2. The zero-order chi connectivity index (χ0) is 14.8. The molecule has 2 aromatic carbocycles. The van der Waals surface area contributed by atoms with E-state index in [0.717, 1.165) is 18.2 Å². The van der Waals surface area contributed by atoms with Gasteiger partial charge in [-0.3, -0.25) is 4.72 Å². The molecular weight excluding hydrogens is 283 g/mol. The van der Waals surface area contributed by atoms with Gasteiger partial charge in [0.25, 0.3) is 10.0 Å². The predicted molar refractivity (Wildman–Crippen MR) is 70.0 cm³/mol. The maximum Gasteiger partial charge on any atom is 0.261 e. The molecule has 20 heavy (non-hydrogen) atoms. The van der Waals surface area contributed by atoms with Crippen LogP contribution in [-0.4, -0.2) is 13.5 Å². The van der Waals surface area contributed by atoms with Gasteiger partial charge in [-0.25, -0.2) is 12.8 Å². The van der Waals surface area contributed by atoms with Gasteiger partial charge >= 0.3 is 0 Å². The van der Waals surface area contributed by atoms with E-state index >= 15 is 0 Å². The molecule has 0 spiro atoms. The third-order valence-electron chi connectivity index (χ3n) is 2.47. The summed E-state index contributed by atoms with van der Waals surface area (Å²) in [6.07, 6.45) is 0. The van der Waals surface area contributed by atoms with E-state index in [1.165, 1.54) is 24.3 Å². The van der Waals surface area contributed by atoms with E-state index in [1.54, 1.807) is 6.07 Å². The van der Waals surface area contributed by atoms with Crippen LogP contribution in [0.1, 0.15) is 5.56 Å². The summed E-state index contributed by atoms with van der Waals surface area (Å²) in [6.45, 7) is 0. The Morgan fingerprint density at radius 1 is 1.20 bits per heavy atom. The Kier molecular flexibility index (Phi) is 3.59. The lowest BCUT2D eigenvalue weighted by Gasteiger charge is -2.08. The number of nitrogens with one attached hydrogen (secondary N) is 1. The summed E-state index contributed by atoms with van der Waals surface area (Å²) in [6, 6.07) is 10.0. The molecule has 0 fully saturated rings. The number of benzene rings is 2. The minimum Gasteiger partial charge on any atom is -0.508 e. The Morgan fingerprint density at radius 3 is 2.60 bits per heavy atom. The standard InChI is InChI=1S/C13H9FN2O3S/c14-13-5-4-12(6-9(13)8-15)20(18,19)16-10-2-1-3-11(17)7-10/h1-7,16-17H. The molecule has 0 saturated heterocycles.